The minimum Gasteiger partial charge on any atom is -0.388 e. The predicted octanol–water partition coefficient (Wildman–Crippen LogP) is 2.88. The molecular weight excluding hydrogens is 266 g/mol. The highest BCUT2D eigenvalue weighted by Crippen LogP contribution is 2.41. The van der Waals surface area contributed by atoms with Crippen molar-refractivity contribution in [3.05, 3.63) is 0 Å². The lowest BCUT2D eigenvalue weighted by Crippen LogP contribution is -2.48. The van der Waals surface area contributed by atoms with Crippen LogP contribution in [0.3, 0.4) is 0 Å². The summed E-state index contributed by atoms with van der Waals surface area (Å²) in [6.45, 7) is 6.32. The lowest BCUT2D eigenvalue weighted by atomic mass is 9.77. The van der Waals surface area contributed by atoms with E-state index in [9.17, 15) is 14.7 Å². The molecule has 21 heavy (non-hydrogen) atoms. The van der Waals surface area contributed by atoms with E-state index in [1.807, 2.05) is 13.8 Å². The first-order valence-corrected chi connectivity index (χ1v) is 8.47. The van der Waals surface area contributed by atoms with Crippen molar-refractivity contribution in [1.82, 2.24) is 4.90 Å². The number of carbonyl (C=O) groups is 2. The zero-order chi connectivity index (χ0) is 15.7. The fraction of sp³-hybridized carbons (Fsp3) is 0.882. The van der Waals surface area contributed by atoms with E-state index in [0.29, 0.717) is 38.0 Å². The summed E-state index contributed by atoms with van der Waals surface area (Å²) in [5.41, 5.74) is -1.39. The van der Waals surface area contributed by atoms with E-state index in [4.69, 9.17) is 0 Å². The number of hydrogen-bond acceptors (Lipinski definition) is 3. The van der Waals surface area contributed by atoms with Crippen molar-refractivity contribution in [2.75, 3.05) is 6.54 Å². The molecule has 1 N–H and O–H groups in total. The Morgan fingerprint density at radius 3 is 2.14 bits per heavy atom. The van der Waals surface area contributed by atoms with E-state index < -0.39 is 11.0 Å². The van der Waals surface area contributed by atoms with Crippen molar-refractivity contribution in [2.45, 2.75) is 77.7 Å². The van der Waals surface area contributed by atoms with Crippen molar-refractivity contribution in [3.8, 4) is 0 Å². The number of nitrogens with zero attached hydrogens (tertiary/aromatic N) is 1. The van der Waals surface area contributed by atoms with Crippen LogP contribution >= 0.6 is 0 Å². The average molecular weight is 295 g/mol. The van der Waals surface area contributed by atoms with Gasteiger partial charge in [-0.1, -0.05) is 27.2 Å². The molecule has 1 saturated carbocycles. The minimum atomic E-state index is -0.867. The summed E-state index contributed by atoms with van der Waals surface area (Å²) in [5.74, 6) is 0.513. The van der Waals surface area contributed by atoms with Gasteiger partial charge in [0.15, 0.2) is 0 Å². The van der Waals surface area contributed by atoms with E-state index >= 15 is 0 Å². The molecule has 2 rings (SSSR count). The van der Waals surface area contributed by atoms with Gasteiger partial charge in [0, 0.05) is 6.42 Å². The molecule has 0 unspecified atom stereocenters. The number of carbonyl (C=O) groups excluding carboxylic acids is 2. The van der Waals surface area contributed by atoms with Crippen molar-refractivity contribution < 1.29 is 14.7 Å². The quantitative estimate of drug-likeness (QED) is 0.793. The number of β-amino-alcohol motifs (C(OH)–C–C–N with tert-alkyl or cyclic N) is 1. The first kappa shape index (κ1) is 16.5. The van der Waals surface area contributed by atoms with Gasteiger partial charge in [-0.25, -0.2) is 0 Å². The first-order chi connectivity index (χ1) is 9.89. The molecule has 0 atom stereocenters. The maximum atomic E-state index is 12.6. The van der Waals surface area contributed by atoms with E-state index in [-0.39, 0.29) is 18.4 Å². The molecule has 4 heteroatoms. The Kier molecular flexibility index (Phi) is 4.76. The van der Waals surface area contributed by atoms with Crippen LogP contribution in [0.4, 0.5) is 0 Å². The number of likely N-dealkylation sites (tertiary alicyclic amines) is 1. The normalized spacial score (nSPS) is 32.8. The third-order valence-corrected chi connectivity index (χ3v) is 5.91. The van der Waals surface area contributed by atoms with Crippen LogP contribution in [-0.4, -0.2) is 34.0 Å². The monoisotopic (exact) mass is 295 g/mol. The van der Waals surface area contributed by atoms with Crippen LogP contribution < -0.4 is 0 Å². The molecule has 0 aromatic heterocycles. The molecule has 2 fully saturated rings. The molecule has 4 nitrogen and oxygen atoms in total. The van der Waals surface area contributed by atoms with Gasteiger partial charge in [-0.2, -0.15) is 0 Å². The minimum absolute atomic E-state index is 0.0662. The Morgan fingerprint density at radius 1 is 1.14 bits per heavy atom. The molecule has 1 aliphatic carbocycles. The molecule has 0 aromatic carbocycles. The Balaban J connectivity index is 2.06. The largest absolute Gasteiger partial charge is 0.388 e. The summed E-state index contributed by atoms with van der Waals surface area (Å²) < 4.78 is 0. The lowest BCUT2D eigenvalue weighted by Gasteiger charge is -2.38. The number of amides is 2. The number of imide groups is 1. The Labute approximate surface area is 127 Å². The van der Waals surface area contributed by atoms with Crippen LogP contribution in [0.1, 0.15) is 72.1 Å². The molecule has 0 bridgehead atoms. The summed E-state index contributed by atoms with van der Waals surface area (Å²) >= 11 is 0. The van der Waals surface area contributed by atoms with Crippen molar-refractivity contribution in [2.24, 2.45) is 11.3 Å². The number of aliphatic hydroxyl groups is 1. The third kappa shape index (κ3) is 3.01. The van der Waals surface area contributed by atoms with Crippen molar-refractivity contribution in [3.63, 3.8) is 0 Å². The topological polar surface area (TPSA) is 57.6 Å². The summed E-state index contributed by atoms with van der Waals surface area (Å²) in [4.78, 5) is 26.2. The molecule has 2 amide bonds. The summed E-state index contributed by atoms with van der Waals surface area (Å²) in [5, 5.41) is 10.8. The van der Waals surface area contributed by atoms with Crippen LogP contribution in [-0.2, 0) is 9.59 Å². The van der Waals surface area contributed by atoms with Gasteiger partial charge in [-0.05, 0) is 44.4 Å². The molecule has 2 aliphatic rings. The lowest BCUT2D eigenvalue weighted by molar-refractivity contribution is -0.147. The number of hydrogen-bond donors (Lipinski definition) is 1. The zero-order valence-electron chi connectivity index (χ0n) is 13.7. The predicted molar refractivity (Wildman–Crippen MR) is 81.6 cm³/mol. The zero-order valence-corrected chi connectivity index (χ0v) is 13.7. The van der Waals surface area contributed by atoms with Crippen LogP contribution in [0.5, 0.6) is 0 Å². The van der Waals surface area contributed by atoms with Gasteiger partial charge in [0.2, 0.25) is 11.8 Å². The summed E-state index contributed by atoms with van der Waals surface area (Å²) in [6, 6.07) is 0. The Hall–Kier alpha value is -0.900. The van der Waals surface area contributed by atoms with Crippen molar-refractivity contribution >= 4 is 11.8 Å². The standard InChI is InChI=1S/C17H29NO3/c1-4-13-7-9-17(21,10-8-13)12-18-14(19)11-16(5-2,6-3)15(18)20/h13,21H,4-12H2,1-3H3. The molecule has 120 valence electrons. The summed E-state index contributed by atoms with van der Waals surface area (Å²) in [6.07, 6.45) is 6.24. The van der Waals surface area contributed by atoms with Gasteiger partial charge < -0.3 is 5.11 Å². The maximum Gasteiger partial charge on any atom is 0.235 e. The fourth-order valence-corrected chi connectivity index (χ4v) is 3.90. The molecule has 0 aromatic rings. The van der Waals surface area contributed by atoms with E-state index in [2.05, 4.69) is 6.92 Å². The highest BCUT2D eigenvalue weighted by atomic mass is 16.3. The fourth-order valence-electron chi connectivity index (χ4n) is 3.90. The van der Waals surface area contributed by atoms with Crippen LogP contribution in [0.2, 0.25) is 0 Å². The van der Waals surface area contributed by atoms with Gasteiger partial charge in [0.05, 0.1) is 17.6 Å². The van der Waals surface area contributed by atoms with Crippen molar-refractivity contribution in [1.29, 1.82) is 0 Å². The Bertz CT molecular complexity index is 406. The smallest absolute Gasteiger partial charge is 0.235 e. The first-order valence-electron chi connectivity index (χ1n) is 8.47. The van der Waals surface area contributed by atoms with Crippen LogP contribution in [0, 0.1) is 11.3 Å². The second-order valence-electron chi connectivity index (χ2n) is 7.03. The molecular formula is C17H29NO3. The maximum absolute atomic E-state index is 12.6. The van der Waals surface area contributed by atoms with E-state index in [1.54, 1.807) is 0 Å². The van der Waals surface area contributed by atoms with Gasteiger partial charge in [-0.3, -0.25) is 14.5 Å². The number of rotatable bonds is 5. The van der Waals surface area contributed by atoms with Crippen LogP contribution in [0.15, 0.2) is 0 Å². The van der Waals surface area contributed by atoms with Gasteiger partial charge >= 0.3 is 0 Å². The highest BCUT2D eigenvalue weighted by molar-refractivity contribution is 6.05. The molecule has 0 radical (unpaired) electrons. The molecule has 1 aliphatic heterocycles. The van der Waals surface area contributed by atoms with Gasteiger partial charge in [0.1, 0.15) is 0 Å². The molecule has 1 saturated heterocycles. The highest BCUT2D eigenvalue weighted by Gasteiger charge is 2.51. The molecule has 0 spiro atoms. The second kappa shape index (κ2) is 6.07. The van der Waals surface area contributed by atoms with Crippen LogP contribution in [0.25, 0.3) is 0 Å². The third-order valence-electron chi connectivity index (χ3n) is 5.91. The average Bonchev–Trinajstić information content (AvgIpc) is 2.72. The van der Waals surface area contributed by atoms with Gasteiger partial charge in [0.25, 0.3) is 0 Å². The van der Waals surface area contributed by atoms with E-state index in [1.165, 1.54) is 4.90 Å². The second-order valence-corrected chi connectivity index (χ2v) is 7.03. The van der Waals surface area contributed by atoms with E-state index in [0.717, 1.165) is 19.3 Å². The SMILES string of the molecule is CCC1CCC(O)(CN2C(=O)CC(CC)(CC)C2=O)CC1. The summed E-state index contributed by atoms with van der Waals surface area (Å²) in [7, 11) is 0. The Morgan fingerprint density at radius 2 is 1.71 bits per heavy atom. The molecule has 1 heterocycles. The van der Waals surface area contributed by atoms with Gasteiger partial charge in [-0.15, -0.1) is 0 Å².